The molecule has 29 heavy (non-hydrogen) atoms. The van der Waals surface area contributed by atoms with Crippen molar-refractivity contribution in [1.29, 1.82) is 0 Å². The zero-order valence-corrected chi connectivity index (χ0v) is 15.3. The molecule has 1 heterocycles. The molecule has 144 valence electrons. The number of fused-ring (bicyclic) bond motifs is 1. The predicted molar refractivity (Wildman–Crippen MR) is 106 cm³/mol. The van der Waals surface area contributed by atoms with E-state index in [9.17, 15) is 9.90 Å². The molecule has 0 aliphatic heterocycles. The van der Waals surface area contributed by atoms with Gasteiger partial charge < -0.3 is 19.4 Å². The number of aliphatic imine (C=N–C) groups is 1. The van der Waals surface area contributed by atoms with Crippen LogP contribution in [-0.4, -0.2) is 29.4 Å². The van der Waals surface area contributed by atoms with Crippen LogP contribution in [0.15, 0.2) is 70.1 Å². The highest BCUT2D eigenvalue weighted by Crippen LogP contribution is 2.28. The molecule has 1 N–H and O–H groups in total. The van der Waals surface area contributed by atoms with E-state index in [0.717, 1.165) is 11.3 Å². The standard InChI is InChI=1S/C22H16N2O5/c1-28-17-6-2-13(3-7-17)21-24-18-11-16(5-9-20(18)29-21)23-12-15-10-14(22(26)27)4-8-19(15)25/h2-12,25H,1H3,(H,26,27)/p-1. The van der Waals surface area contributed by atoms with E-state index in [2.05, 4.69) is 9.98 Å². The summed E-state index contributed by atoms with van der Waals surface area (Å²) in [6, 6.07) is 16.3. The van der Waals surface area contributed by atoms with Crippen LogP contribution in [0.4, 0.5) is 5.69 Å². The lowest BCUT2D eigenvalue weighted by atomic mass is 10.1. The maximum absolute atomic E-state index is 11.9. The van der Waals surface area contributed by atoms with Gasteiger partial charge in [0.25, 0.3) is 0 Å². The fourth-order valence-electron chi connectivity index (χ4n) is 2.78. The van der Waals surface area contributed by atoms with Crippen LogP contribution in [0.3, 0.4) is 0 Å². The Bertz CT molecular complexity index is 1230. The highest BCUT2D eigenvalue weighted by molar-refractivity contribution is 5.93. The summed E-state index contributed by atoms with van der Waals surface area (Å²) < 4.78 is 10.9. The van der Waals surface area contributed by atoms with Gasteiger partial charge in [-0.1, -0.05) is 6.07 Å². The molecule has 7 heteroatoms. The molecule has 7 nitrogen and oxygen atoms in total. The van der Waals surface area contributed by atoms with Crippen LogP contribution < -0.4 is 9.84 Å². The van der Waals surface area contributed by atoms with Crippen molar-refractivity contribution in [2.45, 2.75) is 0 Å². The average molecular weight is 387 g/mol. The van der Waals surface area contributed by atoms with Gasteiger partial charge in [0.05, 0.1) is 18.4 Å². The third-order valence-electron chi connectivity index (χ3n) is 4.32. The average Bonchev–Trinajstić information content (AvgIpc) is 3.16. The van der Waals surface area contributed by atoms with Crippen LogP contribution >= 0.6 is 0 Å². The highest BCUT2D eigenvalue weighted by atomic mass is 16.5. The minimum absolute atomic E-state index is 0.0298. The third-order valence-corrected chi connectivity index (χ3v) is 4.32. The Kier molecular flexibility index (Phi) is 4.70. The second-order valence-electron chi connectivity index (χ2n) is 6.22. The first-order chi connectivity index (χ1) is 14.0. The Morgan fingerprint density at radius 2 is 1.93 bits per heavy atom. The molecule has 0 fully saturated rings. The molecule has 0 aliphatic carbocycles. The molecule has 0 saturated carbocycles. The summed E-state index contributed by atoms with van der Waals surface area (Å²) in [6.07, 6.45) is 1.35. The Morgan fingerprint density at radius 1 is 1.14 bits per heavy atom. The van der Waals surface area contributed by atoms with Crippen molar-refractivity contribution in [3.05, 3.63) is 71.8 Å². The SMILES string of the molecule is COc1ccc(-c2nc3cc(N=Cc4cc(C(=O)O)ccc4[O-])ccc3o2)cc1. The maximum atomic E-state index is 11.9. The molecule has 0 aliphatic rings. The largest absolute Gasteiger partial charge is 0.872 e. The van der Waals surface area contributed by atoms with Gasteiger partial charge in [0, 0.05) is 11.8 Å². The molecule has 0 unspecified atom stereocenters. The Morgan fingerprint density at radius 3 is 2.66 bits per heavy atom. The number of hydrogen-bond acceptors (Lipinski definition) is 6. The van der Waals surface area contributed by atoms with E-state index in [1.54, 1.807) is 25.3 Å². The number of aromatic carboxylic acids is 1. The number of ether oxygens (including phenoxy) is 1. The number of oxazole rings is 1. The van der Waals surface area contributed by atoms with E-state index in [-0.39, 0.29) is 16.9 Å². The van der Waals surface area contributed by atoms with E-state index in [1.165, 1.54) is 24.4 Å². The van der Waals surface area contributed by atoms with Crippen molar-refractivity contribution in [1.82, 2.24) is 4.98 Å². The number of carboxylic acids is 1. The van der Waals surface area contributed by atoms with Crippen molar-refractivity contribution in [3.8, 4) is 23.0 Å². The predicted octanol–water partition coefficient (Wildman–Crippen LogP) is 4.03. The number of benzene rings is 3. The summed E-state index contributed by atoms with van der Waals surface area (Å²) in [6.45, 7) is 0. The maximum Gasteiger partial charge on any atom is 0.335 e. The van der Waals surface area contributed by atoms with Crippen molar-refractivity contribution >= 4 is 29.0 Å². The molecule has 4 aromatic rings. The second-order valence-corrected chi connectivity index (χ2v) is 6.22. The van der Waals surface area contributed by atoms with Crippen LogP contribution in [0, 0.1) is 0 Å². The van der Waals surface area contributed by atoms with Crippen LogP contribution in [0.25, 0.3) is 22.6 Å². The molecular formula is C22H15N2O5-. The number of carbonyl (C=O) groups is 1. The number of rotatable bonds is 5. The molecule has 0 spiro atoms. The number of methoxy groups -OCH3 is 1. The number of nitrogens with zero attached hydrogens (tertiary/aromatic N) is 2. The van der Waals surface area contributed by atoms with Crippen molar-refractivity contribution in [2.24, 2.45) is 4.99 Å². The van der Waals surface area contributed by atoms with Gasteiger partial charge in [-0.3, -0.25) is 4.99 Å². The lowest BCUT2D eigenvalue weighted by molar-refractivity contribution is -0.268. The molecule has 4 rings (SSSR count). The van der Waals surface area contributed by atoms with E-state index in [1.807, 2.05) is 24.3 Å². The normalized spacial score (nSPS) is 11.2. The molecule has 0 amide bonds. The van der Waals surface area contributed by atoms with E-state index in [0.29, 0.717) is 22.7 Å². The molecule has 1 aromatic heterocycles. The van der Waals surface area contributed by atoms with Gasteiger partial charge in [-0.2, -0.15) is 0 Å². The zero-order chi connectivity index (χ0) is 20.4. The fourth-order valence-corrected chi connectivity index (χ4v) is 2.78. The summed E-state index contributed by atoms with van der Waals surface area (Å²) in [4.78, 5) is 19.8. The van der Waals surface area contributed by atoms with Crippen LogP contribution in [0.1, 0.15) is 15.9 Å². The van der Waals surface area contributed by atoms with Crippen molar-refractivity contribution in [2.75, 3.05) is 7.11 Å². The van der Waals surface area contributed by atoms with Crippen molar-refractivity contribution in [3.63, 3.8) is 0 Å². The van der Waals surface area contributed by atoms with Gasteiger partial charge in [-0.15, -0.1) is 5.75 Å². The molecule has 3 aromatic carbocycles. The van der Waals surface area contributed by atoms with Gasteiger partial charge in [0.2, 0.25) is 5.89 Å². The number of carboxylic acid groups (broad SMARTS) is 1. The molecule has 0 bridgehead atoms. The third kappa shape index (κ3) is 3.79. The van der Waals surface area contributed by atoms with E-state index >= 15 is 0 Å². The Balaban J connectivity index is 1.63. The first kappa shape index (κ1) is 18.2. The van der Waals surface area contributed by atoms with Crippen LogP contribution in [0.5, 0.6) is 11.5 Å². The van der Waals surface area contributed by atoms with Gasteiger partial charge in [0.15, 0.2) is 5.58 Å². The fraction of sp³-hybridized carbons (Fsp3) is 0.0455. The lowest BCUT2D eigenvalue weighted by Gasteiger charge is -2.09. The van der Waals surface area contributed by atoms with Crippen molar-refractivity contribution < 1.29 is 24.2 Å². The van der Waals surface area contributed by atoms with Gasteiger partial charge in [0.1, 0.15) is 11.3 Å². The van der Waals surface area contributed by atoms with Gasteiger partial charge >= 0.3 is 5.97 Å². The zero-order valence-electron chi connectivity index (χ0n) is 15.3. The highest BCUT2D eigenvalue weighted by Gasteiger charge is 2.09. The summed E-state index contributed by atoms with van der Waals surface area (Å²) >= 11 is 0. The topological polar surface area (TPSA) is 108 Å². The Labute approximate surface area is 165 Å². The molecular weight excluding hydrogens is 372 g/mol. The van der Waals surface area contributed by atoms with E-state index < -0.39 is 5.97 Å². The van der Waals surface area contributed by atoms with E-state index in [4.69, 9.17) is 14.3 Å². The molecule has 0 atom stereocenters. The Hall–Kier alpha value is -4.13. The second kappa shape index (κ2) is 7.47. The number of aromatic nitrogens is 1. The first-order valence-electron chi connectivity index (χ1n) is 8.67. The number of hydrogen-bond donors (Lipinski definition) is 1. The summed E-state index contributed by atoms with van der Waals surface area (Å²) in [5.41, 5.74) is 2.83. The van der Waals surface area contributed by atoms with Gasteiger partial charge in [-0.05, 0) is 60.2 Å². The minimum Gasteiger partial charge on any atom is -0.872 e. The molecule has 0 saturated heterocycles. The summed E-state index contributed by atoms with van der Waals surface area (Å²) in [7, 11) is 1.60. The summed E-state index contributed by atoms with van der Waals surface area (Å²) in [5.74, 6) is -0.191. The quantitative estimate of drug-likeness (QED) is 0.518. The smallest absolute Gasteiger partial charge is 0.335 e. The summed E-state index contributed by atoms with van der Waals surface area (Å²) in [5, 5.41) is 21.0. The molecule has 0 radical (unpaired) electrons. The lowest BCUT2D eigenvalue weighted by Crippen LogP contribution is -2.01. The first-order valence-corrected chi connectivity index (χ1v) is 8.67. The van der Waals surface area contributed by atoms with Crippen LogP contribution in [0.2, 0.25) is 0 Å². The minimum atomic E-state index is -1.10. The van der Waals surface area contributed by atoms with Crippen LogP contribution in [-0.2, 0) is 0 Å². The van der Waals surface area contributed by atoms with Gasteiger partial charge in [-0.25, -0.2) is 9.78 Å². The monoisotopic (exact) mass is 387 g/mol.